The van der Waals surface area contributed by atoms with Gasteiger partial charge in [-0.2, -0.15) is 11.3 Å². The largest absolute Gasteiger partial charge is 0.394 e. The Labute approximate surface area is 101 Å². The Morgan fingerprint density at radius 2 is 2.50 bits per heavy atom. The summed E-state index contributed by atoms with van der Waals surface area (Å²) < 4.78 is 5.52. The van der Waals surface area contributed by atoms with Crippen LogP contribution < -0.4 is 0 Å². The highest BCUT2D eigenvalue weighted by Crippen LogP contribution is 2.13. The van der Waals surface area contributed by atoms with Crippen LogP contribution in [0.3, 0.4) is 0 Å². The maximum atomic E-state index is 9.10. The van der Waals surface area contributed by atoms with Crippen molar-refractivity contribution < 1.29 is 9.84 Å². The molecule has 2 unspecified atom stereocenters. The maximum absolute atomic E-state index is 9.10. The molecule has 2 rings (SSSR count). The third-order valence-electron chi connectivity index (χ3n) is 3.11. The van der Waals surface area contributed by atoms with E-state index in [9.17, 15) is 0 Å². The molecular weight excluding hydrogens is 222 g/mol. The van der Waals surface area contributed by atoms with Crippen molar-refractivity contribution in [3.63, 3.8) is 0 Å². The normalized spacial score (nSPS) is 27.1. The molecule has 1 N–H and O–H groups in total. The molecule has 0 aliphatic carbocycles. The van der Waals surface area contributed by atoms with Gasteiger partial charge >= 0.3 is 0 Å². The average Bonchev–Trinajstić information content (AvgIpc) is 2.81. The first-order valence-corrected chi connectivity index (χ1v) is 6.71. The van der Waals surface area contributed by atoms with Crippen molar-refractivity contribution in [1.82, 2.24) is 4.90 Å². The lowest BCUT2D eigenvalue weighted by Crippen LogP contribution is -2.49. The number of nitrogens with zero attached hydrogens (tertiary/aromatic N) is 1. The van der Waals surface area contributed by atoms with Crippen molar-refractivity contribution in [1.29, 1.82) is 0 Å². The van der Waals surface area contributed by atoms with Crippen molar-refractivity contribution in [2.45, 2.75) is 25.5 Å². The van der Waals surface area contributed by atoms with Gasteiger partial charge < -0.3 is 9.84 Å². The van der Waals surface area contributed by atoms with E-state index in [0.717, 1.165) is 26.1 Å². The van der Waals surface area contributed by atoms with Gasteiger partial charge in [0, 0.05) is 19.1 Å². The van der Waals surface area contributed by atoms with Crippen LogP contribution in [0.15, 0.2) is 16.8 Å². The molecule has 1 aromatic rings. The molecule has 0 amide bonds. The molecule has 3 nitrogen and oxygen atoms in total. The second-order valence-electron chi connectivity index (χ2n) is 4.36. The zero-order valence-corrected chi connectivity index (χ0v) is 10.4. The summed E-state index contributed by atoms with van der Waals surface area (Å²) in [5.74, 6) is 0. The molecule has 16 heavy (non-hydrogen) atoms. The number of aliphatic hydroxyl groups is 1. The molecular formula is C12H19NO2S. The minimum atomic E-state index is -0.00123. The third kappa shape index (κ3) is 3.04. The van der Waals surface area contributed by atoms with Gasteiger partial charge in [-0.3, -0.25) is 4.90 Å². The number of ether oxygens (including phenoxy) is 1. The molecule has 0 saturated carbocycles. The van der Waals surface area contributed by atoms with Crippen LogP contribution in [0.25, 0.3) is 0 Å². The van der Waals surface area contributed by atoms with Gasteiger partial charge in [0.1, 0.15) is 0 Å². The maximum Gasteiger partial charge on any atom is 0.0933 e. The van der Waals surface area contributed by atoms with Gasteiger partial charge in [-0.05, 0) is 35.7 Å². The predicted octanol–water partition coefficient (Wildman–Crippen LogP) is 1.37. The molecule has 1 aliphatic rings. The fourth-order valence-electron chi connectivity index (χ4n) is 2.00. The monoisotopic (exact) mass is 241 g/mol. The van der Waals surface area contributed by atoms with Crippen molar-refractivity contribution >= 4 is 11.3 Å². The van der Waals surface area contributed by atoms with E-state index in [1.54, 1.807) is 11.3 Å². The number of aliphatic hydroxyl groups excluding tert-OH is 1. The SMILES string of the molecule is CC1COC(CO)CN1CCc1ccsc1. The second-order valence-corrected chi connectivity index (χ2v) is 5.14. The average molecular weight is 241 g/mol. The Morgan fingerprint density at radius 1 is 1.62 bits per heavy atom. The Kier molecular flexibility index (Phi) is 4.35. The van der Waals surface area contributed by atoms with Crippen LogP contribution in [-0.2, 0) is 11.2 Å². The first kappa shape index (κ1) is 12.0. The number of rotatable bonds is 4. The molecule has 0 aromatic carbocycles. The highest BCUT2D eigenvalue weighted by Gasteiger charge is 2.24. The number of morpholine rings is 1. The fourth-order valence-corrected chi connectivity index (χ4v) is 2.71. The topological polar surface area (TPSA) is 32.7 Å². The summed E-state index contributed by atoms with van der Waals surface area (Å²) in [5.41, 5.74) is 1.41. The zero-order valence-electron chi connectivity index (χ0n) is 9.63. The Morgan fingerprint density at radius 3 is 3.19 bits per heavy atom. The van der Waals surface area contributed by atoms with E-state index in [-0.39, 0.29) is 12.7 Å². The van der Waals surface area contributed by atoms with E-state index >= 15 is 0 Å². The molecule has 1 aliphatic heterocycles. The molecule has 1 aromatic heterocycles. The van der Waals surface area contributed by atoms with E-state index in [1.807, 2.05) is 0 Å². The lowest BCUT2D eigenvalue weighted by molar-refractivity contribution is -0.0772. The Bertz CT molecular complexity index is 302. The van der Waals surface area contributed by atoms with Gasteiger partial charge in [-0.25, -0.2) is 0 Å². The van der Waals surface area contributed by atoms with E-state index in [2.05, 4.69) is 28.7 Å². The lowest BCUT2D eigenvalue weighted by Gasteiger charge is -2.37. The van der Waals surface area contributed by atoms with Crippen LogP contribution in [0.5, 0.6) is 0 Å². The molecule has 0 bridgehead atoms. The van der Waals surface area contributed by atoms with Crippen LogP contribution in [-0.4, -0.2) is 48.5 Å². The van der Waals surface area contributed by atoms with Gasteiger partial charge in [0.2, 0.25) is 0 Å². The van der Waals surface area contributed by atoms with Gasteiger partial charge in [0.05, 0.1) is 19.3 Å². The molecule has 2 atom stereocenters. The minimum Gasteiger partial charge on any atom is -0.394 e. The van der Waals surface area contributed by atoms with Crippen LogP contribution >= 0.6 is 11.3 Å². The summed E-state index contributed by atoms with van der Waals surface area (Å²) in [5, 5.41) is 13.4. The number of hydrogen-bond acceptors (Lipinski definition) is 4. The van der Waals surface area contributed by atoms with Gasteiger partial charge in [-0.1, -0.05) is 0 Å². The summed E-state index contributed by atoms with van der Waals surface area (Å²) in [4.78, 5) is 2.40. The highest BCUT2D eigenvalue weighted by atomic mass is 32.1. The molecule has 1 saturated heterocycles. The first-order valence-electron chi connectivity index (χ1n) is 5.77. The molecule has 2 heterocycles. The first-order chi connectivity index (χ1) is 7.79. The quantitative estimate of drug-likeness (QED) is 0.864. The molecule has 0 spiro atoms. The van der Waals surface area contributed by atoms with Crippen LogP contribution in [0.4, 0.5) is 0 Å². The highest BCUT2D eigenvalue weighted by molar-refractivity contribution is 7.07. The smallest absolute Gasteiger partial charge is 0.0933 e. The molecule has 0 radical (unpaired) electrons. The van der Waals surface area contributed by atoms with Crippen molar-refractivity contribution in [3.8, 4) is 0 Å². The van der Waals surface area contributed by atoms with Gasteiger partial charge in [-0.15, -0.1) is 0 Å². The third-order valence-corrected chi connectivity index (χ3v) is 3.84. The standard InChI is InChI=1S/C12H19NO2S/c1-10-8-15-12(7-14)6-13(10)4-2-11-3-5-16-9-11/h3,5,9-10,12,14H,2,4,6-8H2,1H3. The van der Waals surface area contributed by atoms with Gasteiger partial charge in [0.15, 0.2) is 0 Å². The van der Waals surface area contributed by atoms with E-state index in [0.29, 0.717) is 6.04 Å². The molecule has 1 fully saturated rings. The summed E-state index contributed by atoms with van der Waals surface area (Å²) in [6.45, 7) is 4.94. The van der Waals surface area contributed by atoms with Crippen molar-refractivity contribution in [3.05, 3.63) is 22.4 Å². The second kappa shape index (κ2) is 5.77. The summed E-state index contributed by atoms with van der Waals surface area (Å²) in [6, 6.07) is 2.64. The zero-order chi connectivity index (χ0) is 11.4. The number of hydrogen-bond donors (Lipinski definition) is 1. The van der Waals surface area contributed by atoms with Crippen molar-refractivity contribution in [2.75, 3.05) is 26.3 Å². The Hall–Kier alpha value is -0.420. The van der Waals surface area contributed by atoms with E-state index in [4.69, 9.17) is 9.84 Å². The number of thiophene rings is 1. The van der Waals surface area contributed by atoms with Crippen LogP contribution in [0.2, 0.25) is 0 Å². The van der Waals surface area contributed by atoms with Crippen LogP contribution in [0.1, 0.15) is 12.5 Å². The van der Waals surface area contributed by atoms with Crippen LogP contribution in [0, 0.1) is 0 Å². The van der Waals surface area contributed by atoms with E-state index < -0.39 is 0 Å². The lowest BCUT2D eigenvalue weighted by atomic mass is 10.1. The molecule has 90 valence electrons. The summed E-state index contributed by atoms with van der Waals surface area (Å²) in [6.07, 6.45) is 1.09. The van der Waals surface area contributed by atoms with Crippen molar-refractivity contribution in [2.24, 2.45) is 0 Å². The summed E-state index contributed by atoms with van der Waals surface area (Å²) >= 11 is 1.75. The van der Waals surface area contributed by atoms with E-state index in [1.165, 1.54) is 5.56 Å². The van der Waals surface area contributed by atoms with Gasteiger partial charge in [0.25, 0.3) is 0 Å². The minimum absolute atomic E-state index is 0.00123. The predicted molar refractivity (Wildman–Crippen MR) is 65.9 cm³/mol. The Balaban J connectivity index is 1.82. The fraction of sp³-hybridized carbons (Fsp3) is 0.667. The summed E-state index contributed by atoms with van der Waals surface area (Å²) in [7, 11) is 0. The molecule has 4 heteroatoms.